The molecule has 1 aliphatic carbocycles. The van der Waals surface area contributed by atoms with Crippen LogP contribution in [0.5, 0.6) is 0 Å². The number of benzene rings is 2. The van der Waals surface area contributed by atoms with E-state index in [2.05, 4.69) is 21.8 Å². The van der Waals surface area contributed by atoms with E-state index in [1.807, 2.05) is 26.8 Å². The molecule has 0 spiro atoms. The van der Waals surface area contributed by atoms with E-state index in [1.165, 1.54) is 12.5 Å². The van der Waals surface area contributed by atoms with Crippen LogP contribution < -0.4 is 10.6 Å². The van der Waals surface area contributed by atoms with Gasteiger partial charge in [0.2, 0.25) is 5.91 Å². The summed E-state index contributed by atoms with van der Waals surface area (Å²) in [5.74, 6) is -0.871. The molecule has 3 aromatic rings. The van der Waals surface area contributed by atoms with E-state index in [0.29, 0.717) is 28.9 Å². The lowest BCUT2D eigenvalue weighted by atomic mass is 9.86. The minimum absolute atomic E-state index is 0.120. The molecule has 1 unspecified atom stereocenters. The highest BCUT2D eigenvalue weighted by molar-refractivity contribution is 6.06. The molecule has 1 aromatic heterocycles. The molecule has 37 heavy (non-hydrogen) atoms. The van der Waals surface area contributed by atoms with Gasteiger partial charge in [-0.15, -0.1) is 0 Å². The Morgan fingerprint density at radius 2 is 1.89 bits per heavy atom. The molecule has 0 radical (unpaired) electrons. The molecule has 0 bridgehead atoms. The topological polar surface area (TPSA) is 99.8 Å². The molecule has 8 heteroatoms. The van der Waals surface area contributed by atoms with Gasteiger partial charge in [0.05, 0.1) is 11.6 Å². The van der Waals surface area contributed by atoms with Crippen molar-refractivity contribution in [3.63, 3.8) is 0 Å². The number of rotatable bonds is 7. The van der Waals surface area contributed by atoms with Crippen LogP contribution >= 0.6 is 0 Å². The lowest BCUT2D eigenvalue weighted by Gasteiger charge is -2.30. The molecule has 4 rings (SSSR count). The van der Waals surface area contributed by atoms with Gasteiger partial charge in [-0.2, -0.15) is 10.4 Å². The second kappa shape index (κ2) is 11.1. The monoisotopic (exact) mass is 503 g/mol. The molecule has 1 aliphatic rings. The Hall–Kier alpha value is -3.73. The Labute approximate surface area is 217 Å². The normalized spacial score (nSPS) is 15.2. The molecule has 2 aromatic carbocycles. The predicted molar refractivity (Wildman–Crippen MR) is 140 cm³/mol. The molecule has 1 atom stereocenters. The number of para-hydroxylation sites is 1. The number of aromatic nitrogens is 2. The van der Waals surface area contributed by atoms with Crippen LogP contribution in [0.2, 0.25) is 0 Å². The zero-order valence-electron chi connectivity index (χ0n) is 21.7. The SMILES string of the molecule is CC(C)(C)C(NC(=O)c1nn(CC2CCCCC2)c2c(F)cccc12)C(=O)NCc1cccc(C#N)c1. The molecule has 194 valence electrons. The first-order valence-electron chi connectivity index (χ1n) is 12.9. The number of fused-ring (bicyclic) bond motifs is 1. The van der Waals surface area contributed by atoms with E-state index >= 15 is 0 Å². The van der Waals surface area contributed by atoms with Crippen molar-refractivity contribution < 1.29 is 14.0 Å². The second-order valence-electron chi connectivity index (χ2n) is 11.0. The molecule has 1 fully saturated rings. The fourth-order valence-corrected chi connectivity index (χ4v) is 5.02. The number of amides is 2. The quantitative estimate of drug-likeness (QED) is 0.469. The number of hydrogen-bond acceptors (Lipinski definition) is 4. The molecule has 2 amide bonds. The van der Waals surface area contributed by atoms with Crippen molar-refractivity contribution >= 4 is 22.7 Å². The van der Waals surface area contributed by atoms with E-state index in [-0.39, 0.29) is 18.1 Å². The van der Waals surface area contributed by atoms with Gasteiger partial charge in [-0.3, -0.25) is 14.3 Å². The first-order chi connectivity index (χ1) is 17.7. The van der Waals surface area contributed by atoms with Gasteiger partial charge in [-0.25, -0.2) is 4.39 Å². The van der Waals surface area contributed by atoms with Crippen LogP contribution in [-0.4, -0.2) is 27.6 Å². The number of hydrogen-bond donors (Lipinski definition) is 2. The van der Waals surface area contributed by atoms with Crippen molar-refractivity contribution in [1.82, 2.24) is 20.4 Å². The van der Waals surface area contributed by atoms with E-state index in [4.69, 9.17) is 5.26 Å². The van der Waals surface area contributed by atoms with Gasteiger partial charge in [-0.1, -0.05) is 64.3 Å². The van der Waals surface area contributed by atoms with Crippen LogP contribution in [0.3, 0.4) is 0 Å². The summed E-state index contributed by atoms with van der Waals surface area (Å²) in [6, 6.07) is 12.9. The van der Waals surface area contributed by atoms with Gasteiger partial charge in [0.15, 0.2) is 5.69 Å². The van der Waals surface area contributed by atoms with Crippen molar-refractivity contribution in [2.75, 3.05) is 0 Å². The standard InChI is InChI=1S/C29H34FN5O2/c1-29(2,3)26(28(37)32-17-21-12-7-11-20(15-21)16-31)33-27(36)24-22-13-8-14-23(30)25(22)35(34-24)18-19-9-5-4-6-10-19/h7-8,11-15,19,26H,4-6,9-10,17-18H2,1-3H3,(H,32,37)(H,33,36). The van der Waals surface area contributed by atoms with Crippen LogP contribution in [0, 0.1) is 28.5 Å². The summed E-state index contributed by atoms with van der Waals surface area (Å²) in [6.07, 6.45) is 5.67. The lowest BCUT2D eigenvalue weighted by molar-refractivity contribution is -0.125. The highest BCUT2D eigenvalue weighted by Crippen LogP contribution is 2.29. The highest BCUT2D eigenvalue weighted by atomic mass is 19.1. The smallest absolute Gasteiger partial charge is 0.273 e. The van der Waals surface area contributed by atoms with Gasteiger partial charge in [0.25, 0.3) is 5.91 Å². The first kappa shape index (κ1) is 26.3. The first-order valence-corrected chi connectivity index (χ1v) is 12.9. The van der Waals surface area contributed by atoms with Crippen molar-refractivity contribution in [1.29, 1.82) is 5.26 Å². The zero-order valence-corrected chi connectivity index (χ0v) is 21.7. The minimum Gasteiger partial charge on any atom is -0.350 e. The largest absolute Gasteiger partial charge is 0.350 e. The van der Waals surface area contributed by atoms with Gasteiger partial charge in [0.1, 0.15) is 17.4 Å². The van der Waals surface area contributed by atoms with Crippen molar-refractivity contribution in [2.45, 2.75) is 72.0 Å². The number of nitrogens with one attached hydrogen (secondary N) is 2. The van der Waals surface area contributed by atoms with Gasteiger partial charge >= 0.3 is 0 Å². The maximum Gasteiger partial charge on any atom is 0.273 e. The predicted octanol–water partition coefficient (Wildman–Crippen LogP) is 5.09. The van der Waals surface area contributed by atoms with Crippen LogP contribution in [0.25, 0.3) is 10.9 Å². The molecule has 0 saturated heterocycles. The number of carbonyl (C=O) groups is 2. The summed E-state index contributed by atoms with van der Waals surface area (Å²) >= 11 is 0. The summed E-state index contributed by atoms with van der Waals surface area (Å²) in [4.78, 5) is 26.7. The number of nitrogens with zero attached hydrogens (tertiary/aromatic N) is 3. The Kier molecular flexibility index (Phi) is 7.91. The van der Waals surface area contributed by atoms with Crippen molar-refractivity contribution in [3.8, 4) is 6.07 Å². The van der Waals surface area contributed by atoms with Gasteiger partial charge < -0.3 is 10.6 Å². The molecular formula is C29H34FN5O2. The summed E-state index contributed by atoms with van der Waals surface area (Å²) in [7, 11) is 0. The number of carbonyl (C=O) groups excluding carboxylic acids is 2. The Morgan fingerprint density at radius 1 is 1.16 bits per heavy atom. The fourth-order valence-electron chi connectivity index (χ4n) is 5.02. The van der Waals surface area contributed by atoms with E-state index < -0.39 is 23.2 Å². The molecule has 2 N–H and O–H groups in total. The molecule has 7 nitrogen and oxygen atoms in total. The molecule has 1 heterocycles. The van der Waals surface area contributed by atoms with Crippen LogP contribution in [0.15, 0.2) is 42.5 Å². The molecule has 0 aliphatic heterocycles. The summed E-state index contributed by atoms with van der Waals surface area (Å²) in [6.45, 7) is 6.39. The van der Waals surface area contributed by atoms with Crippen molar-refractivity contribution in [2.24, 2.45) is 11.3 Å². The third kappa shape index (κ3) is 6.16. The number of halogens is 1. The molecular weight excluding hydrogens is 469 g/mol. The Balaban J connectivity index is 1.55. The van der Waals surface area contributed by atoms with Gasteiger partial charge in [-0.05, 0) is 47.9 Å². The van der Waals surface area contributed by atoms with E-state index in [1.54, 1.807) is 35.0 Å². The highest BCUT2D eigenvalue weighted by Gasteiger charge is 2.34. The third-order valence-electron chi connectivity index (χ3n) is 7.02. The second-order valence-corrected chi connectivity index (χ2v) is 11.0. The summed E-state index contributed by atoms with van der Waals surface area (Å²) in [5.41, 5.74) is 1.14. The maximum absolute atomic E-state index is 14.9. The number of nitriles is 1. The van der Waals surface area contributed by atoms with Gasteiger partial charge in [0, 0.05) is 18.5 Å². The average Bonchev–Trinajstić information content (AvgIpc) is 3.25. The van der Waals surface area contributed by atoms with E-state index in [9.17, 15) is 14.0 Å². The van der Waals surface area contributed by atoms with Crippen LogP contribution in [-0.2, 0) is 17.9 Å². The van der Waals surface area contributed by atoms with Crippen molar-refractivity contribution in [3.05, 3.63) is 65.1 Å². The zero-order chi connectivity index (χ0) is 26.6. The van der Waals surface area contributed by atoms with Crippen LogP contribution in [0.1, 0.15) is 74.5 Å². The van der Waals surface area contributed by atoms with Crippen LogP contribution in [0.4, 0.5) is 4.39 Å². The van der Waals surface area contributed by atoms with E-state index in [0.717, 1.165) is 31.2 Å². The Morgan fingerprint density at radius 3 is 2.59 bits per heavy atom. The minimum atomic E-state index is -0.855. The summed E-state index contributed by atoms with van der Waals surface area (Å²) < 4.78 is 16.5. The third-order valence-corrected chi connectivity index (χ3v) is 7.02. The summed E-state index contributed by atoms with van der Waals surface area (Å²) in [5, 5.41) is 19.8. The maximum atomic E-state index is 14.9. The fraction of sp³-hybridized carbons (Fsp3) is 0.448. The average molecular weight is 504 g/mol. The lowest BCUT2D eigenvalue weighted by Crippen LogP contribution is -2.53. The Bertz CT molecular complexity index is 1330. The molecule has 1 saturated carbocycles.